The molecule has 0 N–H and O–H groups in total. The van der Waals surface area contributed by atoms with E-state index in [1.54, 1.807) is 36.6 Å². The van der Waals surface area contributed by atoms with Crippen molar-refractivity contribution < 1.29 is 14.3 Å². The van der Waals surface area contributed by atoms with Crippen LogP contribution in [0, 0.1) is 0 Å². The van der Waals surface area contributed by atoms with Gasteiger partial charge < -0.3 is 4.74 Å². The van der Waals surface area contributed by atoms with E-state index in [4.69, 9.17) is 4.74 Å². The van der Waals surface area contributed by atoms with Crippen LogP contribution in [0.2, 0.25) is 0 Å². The maximum Gasteiger partial charge on any atom is 0.299 e. The van der Waals surface area contributed by atoms with E-state index in [0.717, 1.165) is 11.3 Å². The van der Waals surface area contributed by atoms with Crippen molar-refractivity contribution in [3.05, 3.63) is 45.6 Å². The molecule has 0 spiro atoms. The smallest absolute Gasteiger partial charge is 0.299 e. The molecule has 1 aromatic carbocycles. The topological polar surface area (TPSA) is 46.6 Å². The number of hydrogen-bond donors (Lipinski definition) is 0. The van der Waals surface area contributed by atoms with E-state index in [1.165, 1.54) is 9.78 Å². The molecule has 1 aromatic heterocycles. The third-order valence-corrected chi connectivity index (χ3v) is 4.77. The van der Waals surface area contributed by atoms with Gasteiger partial charge in [0.15, 0.2) is 0 Å². The molecular weight excluding hydrogens is 286 g/mol. The molecule has 5 heteroatoms. The van der Waals surface area contributed by atoms with Gasteiger partial charge >= 0.3 is 0 Å². The Morgan fingerprint density at radius 1 is 1.14 bits per heavy atom. The molecule has 1 amide bonds. The summed E-state index contributed by atoms with van der Waals surface area (Å²) < 4.78 is 5.18. The molecule has 0 unspecified atom stereocenters. The number of aryl methyl sites for hydroxylation is 1. The Morgan fingerprint density at radius 3 is 2.57 bits per heavy atom. The van der Waals surface area contributed by atoms with Gasteiger partial charge in [0.25, 0.3) is 11.7 Å². The Labute approximate surface area is 127 Å². The number of anilines is 1. The summed E-state index contributed by atoms with van der Waals surface area (Å²) in [6.07, 6.45) is 0.974. The van der Waals surface area contributed by atoms with E-state index < -0.39 is 11.7 Å². The zero-order chi connectivity index (χ0) is 15.0. The number of thiophene rings is 1. The van der Waals surface area contributed by atoms with Crippen LogP contribution in [0.15, 0.2) is 30.3 Å². The Hall–Kier alpha value is -2.14. The Kier molecular flexibility index (Phi) is 3.51. The van der Waals surface area contributed by atoms with Crippen molar-refractivity contribution in [1.82, 2.24) is 0 Å². The van der Waals surface area contributed by atoms with E-state index in [-0.39, 0.29) is 0 Å². The predicted octanol–water partition coefficient (Wildman–Crippen LogP) is 3.05. The average molecular weight is 301 g/mol. The van der Waals surface area contributed by atoms with Crippen LogP contribution in [0.5, 0.6) is 5.75 Å². The molecule has 108 valence electrons. The lowest BCUT2D eigenvalue weighted by Gasteiger charge is -2.16. The summed E-state index contributed by atoms with van der Waals surface area (Å²) >= 11 is 1.67. The number of amides is 1. The fourth-order valence-electron chi connectivity index (χ4n) is 2.41. The molecular formula is C16H15NO3S. The third kappa shape index (κ3) is 2.34. The van der Waals surface area contributed by atoms with Gasteiger partial charge in [-0.25, -0.2) is 0 Å². The summed E-state index contributed by atoms with van der Waals surface area (Å²) in [7, 11) is 1.57. The summed E-state index contributed by atoms with van der Waals surface area (Å²) in [5.74, 6) is -0.272. The van der Waals surface area contributed by atoms with Gasteiger partial charge in [0.1, 0.15) is 5.75 Å². The van der Waals surface area contributed by atoms with Crippen molar-refractivity contribution in [3.63, 3.8) is 0 Å². The number of fused-ring (bicyclic) bond motifs is 1. The summed E-state index contributed by atoms with van der Waals surface area (Å²) in [6, 6.07) is 9.18. The maximum absolute atomic E-state index is 12.2. The van der Waals surface area contributed by atoms with Gasteiger partial charge in [-0.2, -0.15) is 0 Å². The number of ketones is 1. The zero-order valence-electron chi connectivity index (χ0n) is 11.9. The van der Waals surface area contributed by atoms with Crippen LogP contribution in [-0.2, 0) is 17.8 Å². The van der Waals surface area contributed by atoms with Crippen molar-refractivity contribution in [2.45, 2.75) is 19.9 Å². The lowest BCUT2D eigenvalue weighted by molar-refractivity contribution is -0.114. The molecule has 0 saturated heterocycles. The van der Waals surface area contributed by atoms with Crippen LogP contribution in [-0.4, -0.2) is 18.8 Å². The number of nitrogens with zero attached hydrogens (tertiary/aromatic N) is 1. The molecule has 0 atom stereocenters. The van der Waals surface area contributed by atoms with Crippen LogP contribution < -0.4 is 9.64 Å². The van der Waals surface area contributed by atoms with Crippen molar-refractivity contribution >= 4 is 28.7 Å². The first-order valence-corrected chi connectivity index (χ1v) is 7.57. The van der Waals surface area contributed by atoms with Gasteiger partial charge in [-0.3, -0.25) is 14.5 Å². The average Bonchev–Trinajstić information content (AvgIpc) is 3.06. The van der Waals surface area contributed by atoms with E-state index in [9.17, 15) is 9.59 Å². The molecule has 0 radical (unpaired) electrons. The minimum absolute atomic E-state index is 0.426. The van der Waals surface area contributed by atoms with E-state index in [2.05, 4.69) is 13.0 Å². The molecule has 3 rings (SSSR count). The molecule has 1 aliphatic rings. The lowest BCUT2D eigenvalue weighted by atomic mass is 10.1. The summed E-state index contributed by atoms with van der Waals surface area (Å²) in [5.41, 5.74) is 1.09. The number of carbonyl (C=O) groups excluding carboxylic acids is 2. The van der Waals surface area contributed by atoms with Gasteiger partial charge in [0, 0.05) is 15.8 Å². The first kappa shape index (κ1) is 13.8. The summed E-state index contributed by atoms with van der Waals surface area (Å²) in [5, 5.41) is 0. The second-order valence-corrected chi connectivity index (χ2v) is 6.08. The predicted molar refractivity (Wildman–Crippen MR) is 82.2 cm³/mol. The number of carbonyl (C=O) groups is 2. The normalized spacial score (nSPS) is 13.7. The highest BCUT2D eigenvalue weighted by Crippen LogP contribution is 2.34. The zero-order valence-corrected chi connectivity index (χ0v) is 12.7. The van der Waals surface area contributed by atoms with Crippen molar-refractivity contribution in [3.8, 4) is 5.75 Å². The lowest BCUT2D eigenvalue weighted by Crippen LogP contribution is -2.28. The van der Waals surface area contributed by atoms with Crippen LogP contribution >= 0.6 is 11.3 Å². The van der Waals surface area contributed by atoms with E-state index >= 15 is 0 Å². The van der Waals surface area contributed by atoms with Crippen LogP contribution in [0.4, 0.5) is 5.69 Å². The first-order chi connectivity index (χ1) is 10.1. The minimum atomic E-state index is -0.468. The number of ether oxygens (including phenoxy) is 1. The molecule has 0 saturated carbocycles. The Morgan fingerprint density at radius 2 is 1.90 bits per heavy atom. The molecule has 4 nitrogen and oxygen atoms in total. The van der Waals surface area contributed by atoms with Crippen LogP contribution in [0.25, 0.3) is 0 Å². The quantitative estimate of drug-likeness (QED) is 0.815. The fourth-order valence-corrected chi connectivity index (χ4v) is 3.36. The van der Waals surface area contributed by atoms with Crippen LogP contribution in [0.3, 0.4) is 0 Å². The van der Waals surface area contributed by atoms with Gasteiger partial charge in [-0.15, -0.1) is 11.3 Å². The highest BCUT2D eigenvalue weighted by atomic mass is 32.1. The second-order valence-electron chi connectivity index (χ2n) is 4.83. The monoisotopic (exact) mass is 301 g/mol. The molecule has 21 heavy (non-hydrogen) atoms. The maximum atomic E-state index is 12.2. The first-order valence-electron chi connectivity index (χ1n) is 6.76. The minimum Gasteiger partial charge on any atom is -0.497 e. The molecule has 0 aliphatic carbocycles. The summed E-state index contributed by atoms with van der Waals surface area (Å²) in [6.45, 7) is 2.52. The van der Waals surface area contributed by atoms with Crippen molar-refractivity contribution in [2.24, 2.45) is 0 Å². The van der Waals surface area contributed by atoms with Gasteiger partial charge in [-0.05, 0) is 30.7 Å². The molecule has 2 heterocycles. The number of benzene rings is 1. The van der Waals surface area contributed by atoms with Crippen LogP contribution in [0.1, 0.15) is 27.0 Å². The Bertz CT molecular complexity index is 720. The van der Waals surface area contributed by atoms with Gasteiger partial charge in [-0.1, -0.05) is 6.92 Å². The number of Topliss-reactive ketones (excluding diaryl/α,β-unsaturated/α-hetero) is 1. The molecule has 0 bridgehead atoms. The molecule has 0 fully saturated rings. The number of methoxy groups -OCH3 is 1. The van der Waals surface area contributed by atoms with Gasteiger partial charge in [0.05, 0.1) is 24.9 Å². The van der Waals surface area contributed by atoms with Crippen molar-refractivity contribution in [1.29, 1.82) is 0 Å². The largest absolute Gasteiger partial charge is 0.497 e. The number of rotatable bonds is 4. The highest BCUT2D eigenvalue weighted by Gasteiger charge is 2.36. The molecule has 1 aliphatic heterocycles. The third-order valence-electron chi connectivity index (χ3n) is 3.56. The molecule has 2 aromatic rings. The SMILES string of the molecule is CCc1ccc(CN2C(=O)C(=O)c3ccc(OC)cc32)s1. The fraction of sp³-hybridized carbons (Fsp3) is 0.250. The number of hydrogen-bond acceptors (Lipinski definition) is 4. The van der Waals surface area contributed by atoms with Gasteiger partial charge in [0.2, 0.25) is 0 Å². The standard InChI is InChI=1S/C16H15NO3S/c1-3-11-5-6-12(21-11)9-17-14-8-10(20-2)4-7-13(14)15(18)16(17)19/h4-8H,3,9H2,1-2H3. The van der Waals surface area contributed by atoms with E-state index in [0.29, 0.717) is 23.5 Å². The Balaban J connectivity index is 1.96. The highest BCUT2D eigenvalue weighted by molar-refractivity contribution is 7.12. The van der Waals surface area contributed by atoms with E-state index in [1.807, 2.05) is 6.07 Å². The van der Waals surface area contributed by atoms with Crippen molar-refractivity contribution in [2.75, 3.05) is 12.0 Å². The second kappa shape index (κ2) is 5.33. The summed E-state index contributed by atoms with van der Waals surface area (Å²) in [4.78, 5) is 28.1.